The topological polar surface area (TPSA) is 60.9 Å². The van der Waals surface area contributed by atoms with Crippen molar-refractivity contribution in [2.24, 2.45) is 0 Å². The van der Waals surface area contributed by atoms with E-state index in [9.17, 15) is 14.7 Å². The third kappa shape index (κ3) is 1.93. The molecule has 5 nitrogen and oxygen atoms in total. The van der Waals surface area contributed by atoms with Gasteiger partial charge in [0.2, 0.25) is 5.91 Å². The van der Waals surface area contributed by atoms with Gasteiger partial charge in [0.05, 0.1) is 10.7 Å². The molecule has 3 rings (SSSR count). The van der Waals surface area contributed by atoms with Crippen LogP contribution in [0.4, 0.5) is 10.5 Å². The van der Waals surface area contributed by atoms with Gasteiger partial charge in [-0.1, -0.05) is 17.7 Å². The van der Waals surface area contributed by atoms with Crippen LogP contribution in [0.3, 0.4) is 0 Å². The maximum Gasteiger partial charge on any atom is 0.407 e. The molecular formula is C14H15ClN2O3. The molecule has 6 heteroatoms. The molecule has 1 aromatic carbocycles. The summed E-state index contributed by atoms with van der Waals surface area (Å²) in [4.78, 5) is 26.1. The van der Waals surface area contributed by atoms with Gasteiger partial charge in [-0.05, 0) is 23.6 Å². The van der Waals surface area contributed by atoms with Crippen LogP contribution in [-0.2, 0) is 11.2 Å². The fourth-order valence-corrected chi connectivity index (χ4v) is 3.46. The van der Waals surface area contributed by atoms with Gasteiger partial charge in [-0.2, -0.15) is 0 Å². The molecule has 0 spiro atoms. The summed E-state index contributed by atoms with van der Waals surface area (Å²) < 4.78 is 0. The third-order valence-electron chi connectivity index (χ3n) is 4.08. The van der Waals surface area contributed by atoms with Gasteiger partial charge in [-0.3, -0.25) is 4.79 Å². The number of hydrogen-bond donors (Lipinski definition) is 1. The zero-order chi connectivity index (χ0) is 14.4. The van der Waals surface area contributed by atoms with Crippen LogP contribution >= 0.6 is 11.6 Å². The van der Waals surface area contributed by atoms with Crippen molar-refractivity contribution in [2.45, 2.75) is 19.3 Å². The number of rotatable bonds is 0. The highest BCUT2D eigenvalue weighted by molar-refractivity contribution is 6.34. The first kappa shape index (κ1) is 13.2. The zero-order valence-electron chi connectivity index (χ0n) is 11.1. The molecule has 2 aliphatic heterocycles. The molecule has 0 bridgehead atoms. The Morgan fingerprint density at radius 2 is 2.10 bits per heavy atom. The molecule has 2 heterocycles. The Morgan fingerprint density at radius 3 is 2.75 bits per heavy atom. The number of halogens is 1. The number of nitrogens with zero attached hydrogens (tertiary/aromatic N) is 2. The molecule has 2 amide bonds. The predicted octanol–water partition coefficient (Wildman–Crippen LogP) is 2.33. The lowest BCUT2D eigenvalue weighted by atomic mass is 9.95. The molecule has 0 aliphatic carbocycles. The highest BCUT2D eigenvalue weighted by atomic mass is 35.5. The van der Waals surface area contributed by atoms with Crippen molar-refractivity contribution in [3.63, 3.8) is 0 Å². The SMILES string of the molecule is CC(=O)N1C[C@H]2CN(C(=O)O)CCc3ccc(Cl)c1c32. The Hall–Kier alpha value is -1.75. The van der Waals surface area contributed by atoms with E-state index in [0.717, 1.165) is 16.8 Å². The van der Waals surface area contributed by atoms with Crippen molar-refractivity contribution in [3.05, 3.63) is 28.3 Å². The van der Waals surface area contributed by atoms with Crippen LogP contribution in [0.1, 0.15) is 24.0 Å². The van der Waals surface area contributed by atoms with E-state index >= 15 is 0 Å². The molecule has 1 aromatic rings. The highest BCUT2D eigenvalue weighted by Gasteiger charge is 2.38. The number of anilines is 1. The van der Waals surface area contributed by atoms with Gasteiger partial charge < -0.3 is 14.9 Å². The van der Waals surface area contributed by atoms with E-state index in [4.69, 9.17) is 11.6 Å². The second kappa shape index (κ2) is 4.66. The molecule has 0 radical (unpaired) electrons. The number of amides is 2. The average Bonchev–Trinajstić information content (AvgIpc) is 2.67. The average molecular weight is 295 g/mol. The zero-order valence-corrected chi connectivity index (χ0v) is 11.9. The Labute approximate surface area is 121 Å². The van der Waals surface area contributed by atoms with E-state index in [1.807, 2.05) is 6.07 Å². The van der Waals surface area contributed by atoms with Crippen LogP contribution in [0, 0.1) is 0 Å². The molecule has 0 saturated carbocycles. The summed E-state index contributed by atoms with van der Waals surface area (Å²) in [6, 6.07) is 3.74. The predicted molar refractivity (Wildman–Crippen MR) is 75.5 cm³/mol. The van der Waals surface area contributed by atoms with Crippen molar-refractivity contribution in [1.29, 1.82) is 0 Å². The Bertz CT molecular complexity index is 602. The largest absolute Gasteiger partial charge is 0.465 e. The van der Waals surface area contributed by atoms with E-state index in [1.165, 1.54) is 11.8 Å². The second-order valence-electron chi connectivity index (χ2n) is 5.27. The van der Waals surface area contributed by atoms with Gasteiger partial charge in [0.1, 0.15) is 0 Å². The fraction of sp³-hybridized carbons (Fsp3) is 0.429. The van der Waals surface area contributed by atoms with Crippen molar-refractivity contribution in [2.75, 3.05) is 24.5 Å². The smallest absolute Gasteiger partial charge is 0.407 e. The first-order chi connectivity index (χ1) is 9.49. The molecule has 0 saturated heterocycles. The van der Waals surface area contributed by atoms with Crippen molar-refractivity contribution in [1.82, 2.24) is 4.90 Å². The minimum atomic E-state index is -0.910. The first-order valence-electron chi connectivity index (χ1n) is 6.56. The van der Waals surface area contributed by atoms with Crippen molar-refractivity contribution >= 4 is 29.3 Å². The summed E-state index contributed by atoms with van der Waals surface area (Å²) in [6.07, 6.45) is -0.250. The normalized spacial score (nSPS) is 20.6. The van der Waals surface area contributed by atoms with E-state index in [1.54, 1.807) is 11.0 Å². The minimum Gasteiger partial charge on any atom is -0.465 e. The molecule has 2 aliphatic rings. The molecule has 0 unspecified atom stereocenters. The van der Waals surface area contributed by atoms with Gasteiger partial charge in [0.25, 0.3) is 0 Å². The molecule has 1 atom stereocenters. The van der Waals surface area contributed by atoms with E-state index in [-0.39, 0.29) is 11.8 Å². The summed E-state index contributed by atoms with van der Waals surface area (Å²) in [7, 11) is 0. The quantitative estimate of drug-likeness (QED) is 0.799. The number of carboxylic acid groups (broad SMARTS) is 1. The summed E-state index contributed by atoms with van der Waals surface area (Å²) in [5, 5.41) is 9.78. The molecular weight excluding hydrogens is 280 g/mol. The second-order valence-corrected chi connectivity index (χ2v) is 5.68. The first-order valence-corrected chi connectivity index (χ1v) is 6.94. The monoisotopic (exact) mass is 294 g/mol. The number of carbonyl (C=O) groups is 2. The fourth-order valence-electron chi connectivity index (χ4n) is 3.20. The maximum atomic E-state index is 11.8. The van der Waals surface area contributed by atoms with Crippen LogP contribution in [0.5, 0.6) is 0 Å². The summed E-state index contributed by atoms with van der Waals surface area (Å²) in [5.41, 5.74) is 2.92. The van der Waals surface area contributed by atoms with Gasteiger partial charge in [-0.15, -0.1) is 0 Å². The molecule has 0 aromatic heterocycles. The highest BCUT2D eigenvalue weighted by Crippen LogP contribution is 2.45. The summed E-state index contributed by atoms with van der Waals surface area (Å²) in [6.45, 7) is 2.92. The Balaban J connectivity index is 2.10. The molecule has 106 valence electrons. The van der Waals surface area contributed by atoms with E-state index in [0.29, 0.717) is 31.1 Å². The van der Waals surface area contributed by atoms with Crippen molar-refractivity contribution in [3.8, 4) is 0 Å². The molecule has 0 fully saturated rings. The van der Waals surface area contributed by atoms with Crippen LogP contribution < -0.4 is 4.90 Å². The van der Waals surface area contributed by atoms with Gasteiger partial charge in [0.15, 0.2) is 0 Å². The van der Waals surface area contributed by atoms with Gasteiger partial charge >= 0.3 is 6.09 Å². The van der Waals surface area contributed by atoms with Crippen LogP contribution in [0.25, 0.3) is 0 Å². The van der Waals surface area contributed by atoms with E-state index in [2.05, 4.69) is 0 Å². The Morgan fingerprint density at radius 1 is 1.35 bits per heavy atom. The summed E-state index contributed by atoms with van der Waals surface area (Å²) >= 11 is 6.26. The number of carbonyl (C=O) groups excluding carboxylic acids is 1. The van der Waals surface area contributed by atoms with Gasteiger partial charge in [0, 0.05) is 32.5 Å². The van der Waals surface area contributed by atoms with Gasteiger partial charge in [-0.25, -0.2) is 4.79 Å². The van der Waals surface area contributed by atoms with Crippen molar-refractivity contribution < 1.29 is 14.7 Å². The maximum absolute atomic E-state index is 11.8. The lowest BCUT2D eigenvalue weighted by Gasteiger charge is -2.21. The van der Waals surface area contributed by atoms with Crippen LogP contribution in [0.2, 0.25) is 5.02 Å². The number of hydrogen-bond acceptors (Lipinski definition) is 2. The Kier molecular flexibility index (Phi) is 3.09. The molecule has 1 N–H and O–H groups in total. The lowest BCUT2D eigenvalue weighted by molar-refractivity contribution is -0.116. The molecule has 20 heavy (non-hydrogen) atoms. The van der Waals surface area contributed by atoms with Crippen LogP contribution in [0.15, 0.2) is 12.1 Å². The van der Waals surface area contributed by atoms with Crippen LogP contribution in [-0.4, -0.2) is 41.6 Å². The summed E-state index contributed by atoms with van der Waals surface area (Å²) in [5.74, 6) is -0.0450. The third-order valence-corrected chi connectivity index (χ3v) is 4.39. The standard InChI is InChI=1S/C14H15ClN2O3/c1-8(18)17-7-10-6-16(14(19)20)5-4-9-2-3-11(15)13(17)12(9)10/h2-3,10H,4-7H2,1H3,(H,19,20)/t10-/m1/s1. The number of benzene rings is 1. The lowest BCUT2D eigenvalue weighted by Crippen LogP contribution is -2.36. The minimum absolute atomic E-state index is 0.0150. The van der Waals surface area contributed by atoms with E-state index < -0.39 is 6.09 Å².